The Kier molecular flexibility index (Phi) is 5.71. The number of aromatic nitrogens is 5. The SMILES string of the molecule is COc1ccc(OC)c(/C=N/NC(=O)c2nnn(-c3nonc3N)c2C(C)C)c1. The van der Waals surface area contributed by atoms with Crippen molar-refractivity contribution >= 4 is 17.9 Å². The maximum Gasteiger partial charge on any atom is 0.293 e. The van der Waals surface area contributed by atoms with Gasteiger partial charge in [-0.05, 0) is 34.4 Å². The topological polar surface area (TPSA) is 156 Å². The van der Waals surface area contributed by atoms with Crippen LogP contribution in [0.25, 0.3) is 5.82 Å². The number of nitrogens with one attached hydrogen (secondary N) is 1. The lowest BCUT2D eigenvalue weighted by atomic mass is 10.1. The fourth-order valence-corrected chi connectivity index (χ4v) is 2.62. The van der Waals surface area contributed by atoms with E-state index >= 15 is 0 Å². The molecule has 0 aliphatic carbocycles. The van der Waals surface area contributed by atoms with Gasteiger partial charge in [-0.1, -0.05) is 19.1 Å². The first kappa shape index (κ1) is 19.8. The van der Waals surface area contributed by atoms with Crippen molar-refractivity contribution < 1.29 is 18.9 Å². The number of carbonyl (C=O) groups is 1. The molecule has 0 saturated heterocycles. The van der Waals surface area contributed by atoms with Gasteiger partial charge in [0.05, 0.1) is 26.1 Å². The first-order valence-electron chi connectivity index (χ1n) is 8.55. The number of anilines is 1. The molecule has 0 unspecified atom stereocenters. The molecule has 12 nitrogen and oxygen atoms in total. The Morgan fingerprint density at radius 2 is 2.10 bits per heavy atom. The van der Waals surface area contributed by atoms with Gasteiger partial charge in [0.2, 0.25) is 11.6 Å². The Bertz CT molecular complexity index is 1040. The van der Waals surface area contributed by atoms with Crippen molar-refractivity contribution in [1.82, 2.24) is 30.7 Å². The maximum absolute atomic E-state index is 12.6. The van der Waals surface area contributed by atoms with Gasteiger partial charge in [-0.3, -0.25) is 4.79 Å². The summed E-state index contributed by atoms with van der Waals surface area (Å²) in [6.07, 6.45) is 1.44. The van der Waals surface area contributed by atoms with Crippen LogP contribution in [0.3, 0.4) is 0 Å². The van der Waals surface area contributed by atoms with E-state index in [1.807, 2.05) is 13.8 Å². The van der Waals surface area contributed by atoms with Gasteiger partial charge in [0.15, 0.2) is 5.69 Å². The van der Waals surface area contributed by atoms with Crippen LogP contribution < -0.4 is 20.6 Å². The van der Waals surface area contributed by atoms with E-state index in [1.54, 1.807) is 25.3 Å². The second-order valence-electron chi connectivity index (χ2n) is 6.17. The number of hydrazone groups is 1. The van der Waals surface area contributed by atoms with Crippen LogP contribution in [0.15, 0.2) is 27.9 Å². The average Bonchev–Trinajstić information content (AvgIpc) is 3.33. The van der Waals surface area contributed by atoms with Crippen LogP contribution in [-0.4, -0.2) is 51.6 Å². The lowest BCUT2D eigenvalue weighted by Crippen LogP contribution is -2.21. The third-order valence-electron chi connectivity index (χ3n) is 3.97. The van der Waals surface area contributed by atoms with Crippen molar-refractivity contribution in [1.29, 1.82) is 0 Å². The lowest BCUT2D eigenvalue weighted by molar-refractivity contribution is 0.0948. The number of nitrogens with zero attached hydrogens (tertiary/aromatic N) is 6. The predicted molar refractivity (Wildman–Crippen MR) is 102 cm³/mol. The molecule has 0 bridgehead atoms. The highest BCUT2D eigenvalue weighted by molar-refractivity contribution is 5.94. The molecule has 0 atom stereocenters. The molecule has 3 aromatic rings. The second kappa shape index (κ2) is 8.37. The zero-order valence-electron chi connectivity index (χ0n) is 16.3. The van der Waals surface area contributed by atoms with E-state index in [-0.39, 0.29) is 23.2 Å². The third kappa shape index (κ3) is 4.00. The fraction of sp³-hybridized carbons (Fsp3) is 0.294. The van der Waals surface area contributed by atoms with Crippen LogP contribution in [0.4, 0.5) is 5.82 Å². The van der Waals surface area contributed by atoms with Crippen molar-refractivity contribution in [2.75, 3.05) is 20.0 Å². The smallest absolute Gasteiger partial charge is 0.293 e. The summed E-state index contributed by atoms with van der Waals surface area (Å²) in [4.78, 5) is 12.6. The number of hydrogen-bond donors (Lipinski definition) is 2. The summed E-state index contributed by atoms with van der Waals surface area (Å²) < 4.78 is 16.4. The summed E-state index contributed by atoms with van der Waals surface area (Å²) in [5, 5.41) is 19.1. The molecule has 0 aliphatic heterocycles. The second-order valence-corrected chi connectivity index (χ2v) is 6.17. The van der Waals surface area contributed by atoms with E-state index in [1.165, 1.54) is 18.0 Å². The quantitative estimate of drug-likeness (QED) is 0.438. The van der Waals surface area contributed by atoms with Crippen LogP contribution in [-0.2, 0) is 0 Å². The molecule has 0 spiro atoms. The van der Waals surface area contributed by atoms with E-state index in [2.05, 4.69) is 35.8 Å². The number of hydrogen-bond acceptors (Lipinski definition) is 10. The minimum Gasteiger partial charge on any atom is -0.497 e. The van der Waals surface area contributed by atoms with Gasteiger partial charge in [-0.25, -0.2) is 10.1 Å². The van der Waals surface area contributed by atoms with E-state index in [0.29, 0.717) is 22.8 Å². The normalized spacial score (nSPS) is 11.2. The molecule has 1 aromatic carbocycles. The minimum atomic E-state index is -0.548. The number of carbonyl (C=O) groups excluding carboxylic acids is 1. The summed E-state index contributed by atoms with van der Waals surface area (Å²) >= 11 is 0. The van der Waals surface area contributed by atoms with Crippen molar-refractivity contribution in [2.45, 2.75) is 19.8 Å². The van der Waals surface area contributed by atoms with Gasteiger partial charge in [-0.15, -0.1) is 5.10 Å². The minimum absolute atomic E-state index is 0.0342. The Labute approximate surface area is 165 Å². The van der Waals surface area contributed by atoms with Crippen LogP contribution in [0, 0.1) is 0 Å². The van der Waals surface area contributed by atoms with E-state index in [4.69, 9.17) is 15.2 Å². The average molecular weight is 400 g/mol. The van der Waals surface area contributed by atoms with E-state index in [9.17, 15) is 4.79 Å². The van der Waals surface area contributed by atoms with Gasteiger partial charge in [0.25, 0.3) is 5.91 Å². The number of amides is 1. The fourth-order valence-electron chi connectivity index (χ4n) is 2.62. The molecule has 12 heteroatoms. The highest BCUT2D eigenvalue weighted by Crippen LogP contribution is 2.23. The largest absolute Gasteiger partial charge is 0.497 e. The third-order valence-corrected chi connectivity index (χ3v) is 3.97. The van der Waals surface area contributed by atoms with Crippen LogP contribution in [0.5, 0.6) is 11.5 Å². The molecule has 0 saturated carbocycles. The monoisotopic (exact) mass is 400 g/mol. The number of benzene rings is 1. The Hall–Kier alpha value is -3.96. The van der Waals surface area contributed by atoms with Crippen molar-refractivity contribution in [2.24, 2.45) is 5.10 Å². The highest BCUT2D eigenvalue weighted by Gasteiger charge is 2.25. The first-order valence-corrected chi connectivity index (χ1v) is 8.55. The lowest BCUT2D eigenvalue weighted by Gasteiger charge is -2.08. The Balaban J connectivity index is 1.84. The zero-order valence-corrected chi connectivity index (χ0v) is 16.3. The molecule has 3 N–H and O–H groups in total. The highest BCUT2D eigenvalue weighted by atomic mass is 16.6. The molecule has 0 radical (unpaired) electrons. The van der Waals surface area contributed by atoms with Gasteiger partial charge in [-0.2, -0.15) is 9.78 Å². The maximum atomic E-state index is 12.6. The first-order chi connectivity index (χ1) is 14.0. The van der Waals surface area contributed by atoms with Crippen molar-refractivity contribution in [3.05, 3.63) is 35.2 Å². The number of nitrogen functional groups attached to an aromatic ring is 1. The van der Waals surface area contributed by atoms with Gasteiger partial charge in [0.1, 0.15) is 11.5 Å². The van der Waals surface area contributed by atoms with E-state index < -0.39 is 5.91 Å². The molecule has 2 heterocycles. The summed E-state index contributed by atoms with van der Waals surface area (Å²) in [6, 6.07) is 5.22. The van der Waals surface area contributed by atoms with Gasteiger partial charge >= 0.3 is 0 Å². The molecule has 0 aliphatic rings. The van der Waals surface area contributed by atoms with Crippen LogP contribution in [0.2, 0.25) is 0 Å². The van der Waals surface area contributed by atoms with Crippen LogP contribution >= 0.6 is 0 Å². The van der Waals surface area contributed by atoms with Gasteiger partial charge < -0.3 is 15.2 Å². The van der Waals surface area contributed by atoms with Gasteiger partial charge in [0, 0.05) is 5.56 Å². The number of methoxy groups -OCH3 is 2. The number of ether oxygens (including phenoxy) is 2. The number of rotatable bonds is 7. The van der Waals surface area contributed by atoms with E-state index in [0.717, 1.165) is 0 Å². The predicted octanol–water partition coefficient (Wildman–Crippen LogP) is 1.14. The standard InChI is InChI=1S/C17H20N8O4/c1-9(2)14-13(20-24-25(14)16-15(18)22-29-23-16)17(26)21-19-8-10-7-11(27-3)5-6-12(10)28-4/h5-9H,1-4H3,(H2,18,22)(H,21,26)/b19-8+. The van der Waals surface area contributed by atoms with Crippen LogP contribution in [0.1, 0.15) is 41.5 Å². The molecular formula is C17H20N8O4. The molecule has 152 valence electrons. The Morgan fingerprint density at radius 1 is 1.31 bits per heavy atom. The molecule has 0 fully saturated rings. The molecule has 1 amide bonds. The molecule has 3 rings (SSSR count). The molecule has 29 heavy (non-hydrogen) atoms. The summed E-state index contributed by atoms with van der Waals surface area (Å²) in [5.41, 5.74) is 9.34. The summed E-state index contributed by atoms with van der Waals surface area (Å²) in [5.74, 6) is 0.725. The number of nitrogens with two attached hydrogens (primary N) is 1. The summed E-state index contributed by atoms with van der Waals surface area (Å²) in [7, 11) is 3.09. The zero-order chi connectivity index (χ0) is 21.0. The van der Waals surface area contributed by atoms with Crippen molar-refractivity contribution in [3.63, 3.8) is 0 Å². The molecular weight excluding hydrogens is 380 g/mol. The van der Waals surface area contributed by atoms with Crippen molar-refractivity contribution in [3.8, 4) is 17.3 Å². The summed E-state index contributed by atoms with van der Waals surface area (Å²) in [6.45, 7) is 3.75. The molecule has 2 aromatic heterocycles. The Morgan fingerprint density at radius 3 is 2.72 bits per heavy atom.